The van der Waals surface area contributed by atoms with Crippen LogP contribution >= 0.6 is 0 Å². The van der Waals surface area contributed by atoms with E-state index in [9.17, 15) is 4.79 Å². The van der Waals surface area contributed by atoms with Crippen LogP contribution in [0.5, 0.6) is 0 Å². The van der Waals surface area contributed by atoms with Crippen molar-refractivity contribution in [1.82, 2.24) is 4.90 Å². The Morgan fingerprint density at radius 2 is 1.95 bits per heavy atom. The summed E-state index contributed by atoms with van der Waals surface area (Å²) in [6.07, 6.45) is 1.49. The molecule has 2 heterocycles. The van der Waals surface area contributed by atoms with Gasteiger partial charge in [-0.15, -0.1) is 0 Å². The Morgan fingerprint density at radius 1 is 1.19 bits per heavy atom. The van der Waals surface area contributed by atoms with Crippen LogP contribution in [0.1, 0.15) is 38.4 Å². The molecule has 0 spiro atoms. The number of nitrogens with zero attached hydrogens (tertiary/aromatic N) is 1. The number of morpholine rings is 1. The van der Waals surface area contributed by atoms with Crippen molar-refractivity contribution in [1.29, 1.82) is 0 Å². The maximum absolute atomic E-state index is 12.7. The van der Waals surface area contributed by atoms with Gasteiger partial charge in [-0.2, -0.15) is 0 Å². The van der Waals surface area contributed by atoms with Crippen LogP contribution in [0, 0.1) is 0 Å². The minimum Gasteiger partial charge on any atom is -0.369 e. The van der Waals surface area contributed by atoms with Crippen LogP contribution in [-0.4, -0.2) is 42.2 Å². The zero-order valence-corrected chi connectivity index (χ0v) is 12.7. The van der Waals surface area contributed by atoms with E-state index in [0.29, 0.717) is 13.2 Å². The lowest BCUT2D eigenvalue weighted by atomic mass is 9.97. The van der Waals surface area contributed by atoms with Gasteiger partial charge in [0.2, 0.25) is 0 Å². The van der Waals surface area contributed by atoms with E-state index >= 15 is 0 Å². The Morgan fingerprint density at radius 3 is 2.62 bits per heavy atom. The number of carbonyl (C=O) groups excluding carboxylic acids is 1. The second-order valence-electron chi connectivity index (χ2n) is 6.00. The highest BCUT2D eigenvalue weighted by Gasteiger charge is 2.40. The van der Waals surface area contributed by atoms with Gasteiger partial charge in [0.15, 0.2) is 0 Å². The first-order chi connectivity index (χ1) is 10.2. The Hall–Kier alpha value is -1.39. The number of carbonyl (C=O) groups is 1. The fourth-order valence-corrected chi connectivity index (χ4v) is 3.38. The second-order valence-corrected chi connectivity index (χ2v) is 6.00. The van der Waals surface area contributed by atoms with Crippen LogP contribution in [-0.2, 0) is 14.3 Å². The van der Waals surface area contributed by atoms with Crippen molar-refractivity contribution >= 4 is 5.91 Å². The number of hydrogen-bond acceptors (Lipinski definition) is 3. The summed E-state index contributed by atoms with van der Waals surface area (Å²) in [6, 6.07) is 10.3. The Kier molecular flexibility index (Phi) is 4.27. The second kappa shape index (κ2) is 6.16. The summed E-state index contributed by atoms with van der Waals surface area (Å²) in [6.45, 7) is 5.39. The zero-order valence-electron chi connectivity index (χ0n) is 12.7. The zero-order chi connectivity index (χ0) is 14.8. The van der Waals surface area contributed by atoms with Crippen molar-refractivity contribution in [2.45, 2.75) is 51.0 Å². The normalized spacial score (nSPS) is 33.1. The number of ether oxygens (including phenoxy) is 2. The first-order valence-corrected chi connectivity index (χ1v) is 7.79. The van der Waals surface area contributed by atoms with Crippen LogP contribution in [0.4, 0.5) is 0 Å². The van der Waals surface area contributed by atoms with E-state index in [1.54, 1.807) is 0 Å². The maximum atomic E-state index is 12.7. The lowest BCUT2D eigenvalue weighted by molar-refractivity contribution is -0.162. The van der Waals surface area contributed by atoms with Crippen molar-refractivity contribution in [3.05, 3.63) is 35.9 Å². The molecule has 4 atom stereocenters. The van der Waals surface area contributed by atoms with Gasteiger partial charge in [0.1, 0.15) is 12.2 Å². The monoisotopic (exact) mass is 289 g/mol. The van der Waals surface area contributed by atoms with E-state index in [2.05, 4.69) is 19.1 Å². The lowest BCUT2D eigenvalue weighted by Gasteiger charge is -2.44. The minimum atomic E-state index is -0.260. The molecule has 2 saturated heterocycles. The van der Waals surface area contributed by atoms with Gasteiger partial charge in [-0.05, 0) is 32.3 Å². The summed E-state index contributed by atoms with van der Waals surface area (Å²) in [5.41, 5.74) is 1.13. The molecule has 2 aliphatic rings. The summed E-state index contributed by atoms with van der Waals surface area (Å²) in [7, 11) is 0. The molecule has 2 aliphatic heterocycles. The third-order valence-electron chi connectivity index (χ3n) is 4.46. The molecule has 0 unspecified atom stereocenters. The summed E-state index contributed by atoms with van der Waals surface area (Å²) in [5, 5.41) is 0. The first kappa shape index (κ1) is 14.5. The number of amides is 1. The van der Waals surface area contributed by atoms with Crippen molar-refractivity contribution in [2.75, 3.05) is 13.2 Å². The Balaban J connectivity index is 1.80. The van der Waals surface area contributed by atoms with Gasteiger partial charge in [0.25, 0.3) is 5.91 Å². The minimum absolute atomic E-state index is 0.0212. The molecule has 0 bridgehead atoms. The quantitative estimate of drug-likeness (QED) is 0.840. The molecule has 114 valence electrons. The van der Waals surface area contributed by atoms with Crippen LogP contribution in [0.3, 0.4) is 0 Å². The molecule has 0 saturated carbocycles. The summed E-state index contributed by atoms with van der Waals surface area (Å²) < 4.78 is 11.6. The largest absolute Gasteiger partial charge is 0.369 e. The van der Waals surface area contributed by atoms with Gasteiger partial charge >= 0.3 is 0 Å². The lowest BCUT2D eigenvalue weighted by Crippen LogP contribution is -2.56. The fraction of sp³-hybridized carbons (Fsp3) is 0.588. The van der Waals surface area contributed by atoms with Crippen LogP contribution in [0.2, 0.25) is 0 Å². The SMILES string of the molecule is C[C@@H]1CO[C@H](c2ccccc2)[C@@H](C)N1C(=O)[C@H]1CCCO1. The van der Waals surface area contributed by atoms with E-state index in [0.717, 1.165) is 18.4 Å². The molecule has 1 aromatic rings. The average Bonchev–Trinajstić information content (AvgIpc) is 3.02. The molecule has 0 N–H and O–H groups in total. The van der Waals surface area contributed by atoms with Gasteiger partial charge in [0, 0.05) is 6.61 Å². The first-order valence-electron chi connectivity index (χ1n) is 7.79. The van der Waals surface area contributed by atoms with Crippen molar-refractivity contribution < 1.29 is 14.3 Å². The van der Waals surface area contributed by atoms with Crippen molar-refractivity contribution in [3.8, 4) is 0 Å². The van der Waals surface area contributed by atoms with Gasteiger partial charge in [-0.3, -0.25) is 4.79 Å². The molecular formula is C17H23NO3. The predicted octanol–water partition coefficient (Wildman–Crippen LogP) is 2.54. The molecule has 3 rings (SSSR count). The number of benzene rings is 1. The van der Waals surface area contributed by atoms with Crippen LogP contribution < -0.4 is 0 Å². The summed E-state index contributed by atoms with van der Waals surface area (Å²) in [5.74, 6) is 0.122. The maximum Gasteiger partial charge on any atom is 0.252 e. The standard InChI is InChI=1S/C17H23NO3/c1-12-11-21-16(14-7-4-3-5-8-14)13(2)18(12)17(19)15-9-6-10-20-15/h3-5,7-8,12-13,15-16H,6,9-11H2,1-2H3/t12-,13-,15-,16+/m1/s1. The molecule has 1 aromatic carbocycles. The molecule has 4 heteroatoms. The van der Waals surface area contributed by atoms with E-state index in [4.69, 9.17) is 9.47 Å². The molecule has 2 fully saturated rings. The highest BCUT2D eigenvalue weighted by atomic mass is 16.5. The number of hydrogen-bond donors (Lipinski definition) is 0. The molecule has 0 aromatic heterocycles. The van der Waals surface area contributed by atoms with E-state index in [1.807, 2.05) is 30.0 Å². The average molecular weight is 289 g/mol. The van der Waals surface area contributed by atoms with E-state index < -0.39 is 0 Å². The molecule has 4 nitrogen and oxygen atoms in total. The molecule has 0 radical (unpaired) electrons. The Bertz CT molecular complexity index is 484. The highest BCUT2D eigenvalue weighted by molar-refractivity contribution is 5.82. The van der Waals surface area contributed by atoms with Crippen molar-refractivity contribution in [3.63, 3.8) is 0 Å². The predicted molar refractivity (Wildman–Crippen MR) is 79.9 cm³/mol. The van der Waals surface area contributed by atoms with Crippen molar-refractivity contribution in [2.24, 2.45) is 0 Å². The van der Waals surface area contributed by atoms with Crippen LogP contribution in [0.25, 0.3) is 0 Å². The number of rotatable bonds is 2. The summed E-state index contributed by atoms with van der Waals surface area (Å²) >= 11 is 0. The summed E-state index contributed by atoms with van der Waals surface area (Å²) in [4.78, 5) is 14.7. The van der Waals surface area contributed by atoms with Gasteiger partial charge in [0.05, 0.1) is 18.7 Å². The molecule has 0 aliphatic carbocycles. The Labute approximate surface area is 126 Å². The third kappa shape index (κ3) is 2.83. The van der Waals surface area contributed by atoms with Gasteiger partial charge in [-0.25, -0.2) is 0 Å². The van der Waals surface area contributed by atoms with E-state index in [1.165, 1.54) is 0 Å². The fourth-order valence-electron chi connectivity index (χ4n) is 3.38. The molecular weight excluding hydrogens is 266 g/mol. The topological polar surface area (TPSA) is 38.8 Å². The third-order valence-corrected chi connectivity index (χ3v) is 4.46. The molecule has 1 amide bonds. The van der Waals surface area contributed by atoms with Gasteiger partial charge in [-0.1, -0.05) is 30.3 Å². The highest BCUT2D eigenvalue weighted by Crippen LogP contribution is 2.32. The molecule has 21 heavy (non-hydrogen) atoms. The smallest absolute Gasteiger partial charge is 0.252 e. The van der Waals surface area contributed by atoms with E-state index in [-0.39, 0.29) is 30.2 Å². The van der Waals surface area contributed by atoms with Gasteiger partial charge < -0.3 is 14.4 Å². The van der Waals surface area contributed by atoms with Crippen LogP contribution in [0.15, 0.2) is 30.3 Å².